The average Bonchev–Trinajstić information content (AvgIpc) is 2.82. The Hall–Kier alpha value is -3.08. The van der Waals surface area contributed by atoms with E-state index in [1.807, 2.05) is 36.4 Å². The monoisotopic (exact) mass is 290 g/mol. The third kappa shape index (κ3) is 2.56. The van der Waals surface area contributed by atoms with Gasteiger partial charge in [-0.1, -0.05) is 30.3 Å². The van der Waals surface area contributed by atoms with Crippen molar-refractivity contribution in [3.05, 3.63) is 72.6 Å². The zero-order valence-corrected chi connectivity index (χ0v) is 11.9. The number of fused-ring (bicyclic) bond motifs is 1. The Labute approximate surface area is 128 Å². The van der Waals surface area contributed by atoms with Gasteiger partial charge < -0.3 is 4.90 Å². The van der Waals surface area contributed by atoms with E-state index in [4.69, 9.17) is 0 Å². The Morgan fingerprint density at radius 2 is 2.09 bits per heavy atom. The summed E-state index contributed by atoms with van der Waals surface area (Å²) in [5.74, 6) is -0.163. The van der Waals surface area contributed by atoms with Gasteiger partial charge in [-0.25, -0.2) is 0 Å². The van der Waals surface area contributed by atoms with Crippen LogP contribution in [0.4, 0.5) is 5.69 Å². The number of para-hydroxylation sites is 1. The van der Waals surface area contributed by atoms with E-state index in [1.54, 1.807) is 29.6 Å². The predicted molar refractivity (Wildman–Crippen MR) is 87.4 cm³/mol. The lowest BCUT2D eigenvalue weighted by atomic mass is 10.1. The van der Waals surface area contributed by atoms with Gasteiger partial charge in [0.05, 0.1) is 11.9 Å². The van der Waals surface area contributed by atoms with Gasteiger partial charge in [0.15, 0.2) is 5.71 Å². The second-order valence-corrected chi connectivity index (χ2v) is 4.70. The molecule has 0 saturated heterocycles. The maximum Gasteiger partial charge on any atom is 0.279 e. The molecule has 1 aliphatic rings. The number of hydrogen-bond acceptors (Lipinski definition) is 4. The standard InChI is InChI=1S/C17H14N4O/c1-2-10-21-15-8-4-3-7-14(15)16(17(21)22)20-19-12-13-6-5-9-18-11-13/h2-9,11-12H,1,10H2/b19-12-,20-16+. The van der Waals surface area contributed by atoms with E-state index in [2.05, 4.69) is 21.8 Å². The first-order chi connectivity index (χ1) is 10.8. The van der Waals surface area contributed by atoms with Crippen LogP contribution in [-0.2, 0) is 4.79 Å². The van der Waals surface area contributed by atoms with Crippen molar-refractivity contribution >= 4 is 23.5 Å². The van der Waals surface area contributed by atoms with Gasteiger partial charge in [-0.2, -0.15) is 5.10 Å². The van der Waals surface area contributed by atoms with Crippen molar-refractivity contribution in [2.24, 2.45) is 10.2 Å². The molecule has 0 atom stereocenters. The summed E-state index contributed by atoms with van der Waals surface area (Å²) >= 11 is 0. The molecule has 0 unspecified atom stereocenters. The van der Waals surface area contributed by atoms with E-state index < -0.39 is 0 Å². The van der Waals surface area contributed by atoms with Crippen LogP contribution in [0.3, 0.4) is 0 Å². The molecule has 1 aliphatic heterocycles. The molecule has 0 aliphatic carbocycles. The minimum Gasteiger partial charge on any atom is -0.302 e. The lowest BCUT2D eigenvalue weighted by Crippen LogP contribution is -2.30. The van der Waals surface area contributed by atoms with Crippen LogP contribution in [0.5, 0.6) is 0 Å². The SMILES string of the molecule is C=CCN1C(=O)/C(=N/N=C\c2cccnc2)c2ccccc21. The highest BCUT2D eigenvalue weighted by atomic mass is 16.2. The van der Waals surface area contributed by atoms with E-state index in [0.717, 1.165) is 16.8 Å². The predicted octanol–water partition coefficient (Wildman–Crippen LogP) is 2.44. The molecule has 1 aromatic carbocycles. The number of anilines is 1. The normalized spacial score (nSPS) is 15.5. The molecule has 1 amide bonds. The fraction of sp³-hybridized carbons (Fsp3) is 0.0588. The molecule has 0 radical (unpaired) electrons. The summed E-state index contributed by atoms with van der Waals surface area (Å²) in [6, 6.07) is 11.2. The van der Waals surface area contributed by atoms with Gasteiger partial charge in [-0.15, -0.1) is 11.7 Å². The zero-order valence-electron chi connectivity index (χ0n) is 11.9. The Morgan fingerprint density at radius 1 is 1.23 bits per heavy atom. The molecule has 0 N–H and O–H groups in total. The van der Waals surface area contributed by atoms with Gasteiger partial charge >= 0.3 is 0 Å². The Bertz CT molecular complexity index is 765. The Balaban J connectivity index is 1.93. The molecule has 5 heteroatoms. The first-order valence-corrected chi connectivity index (χ1v) is 6.84. The number of nitrogens with zero attached hydrogens (tertiary/aromatic N) is 4. The van der Waals surface area contributed by atoms with Crippen LogP contribution in [0.2, 0.25) is 0 Å². The summed E-state index contributed by atoms with van der Waals surface area (Å²) < 4.78 is 0. The molecule has 0 saturated carbocycles. The third-order valence-corrected chi connectivity index (χ3v) is 3.26. The number of aromatic nitrogens is 1. The highest BCUT2D eigenvalue weighted by Gasteiger charge is 2.32. The van der Waals surface area contributed by atoms with E-state index >= 15 is 0 Å². The summed E-state index contributed by atoms with van der Waals surface area (Å²) in [6.45, 7) is 4.13. The fourth-order valence-electron chi connectivity index (χ4n) is 2.27. The maximum atomic E-state index is 12.5. The molecule has 3 rings (SSSR count). The number of hydrogen-bond donors (Lipinski definition) is 0. The molecule has 0 bridgehead atoms. The van der Waals surface area contributed by atoms with Gasteiger partial charge in [0.25, 0.3) is 5.91 Å². The second kappa shape index (κ2) is 6.13. The zero-order chi connectivity index (χ0) is 15.4. The van der Waals surface area contributed by atoms with Crippen molar-refractivity contribution in [2.45, 2.75) is 0 Å². The summed E-state index contributed by atoms with van der Waals surface area (Å²) in [5, 5.41) is 8.12. The lowest BCUT2D eigenvalue weighted by molar-refractivity contribution is -0.112. The Kier molecular flexibility index (Phi) is 3.87. The fourth-order valence-corrected chi connectivity index (χ4v) is 2.27. The number of pyridine rings is 1. The van der Waals surface area contributed by atoms with E-state index in [1.165, 1.54) is 0 Å². The van der Waals surface area contributed by atoms with Crippen molar-refractivity contribution in [3.8, 4) is 0 Å². The molecule has 2 heterocycles. The van der Waals surface area contributed by atoms with Crippen molar-refractivity contribution in [3.63, 3.8) is 0 Å². The van der Waals surface area contributed by atoms with Crippen LogP contribution in [-0.4, -0.2) is 29.4 Å². The molecular formula is C17H14N4O. The van der Waals surface area contributed by atoms with Gasteiger partial charge in [0, 0.05) is 30.1 Å². The maximum absolute atomic E-state index is 12.5. The molecular weight excluding hydrogens is 276 g/mol. The van der Waals surface area contributed by atoms with E-state index in [0.29, 0.717) is 12.3 Å². The van der Waals surface area contributed by atoms with Crippen molar-refractivity contribution in [1.29, 1.82) is 0 Å². The molecule has 2 aromatic rings. The minimum atomic E-state index is -0.163. The first kappa shape index (κ1) is 13.9. The lowest BCUT2D eigenvalue weighted by Gasteiger charge is -2.13. The molecule has 108 valence electrons. The van der Waals surface area contributed by atoms with Crippen molar-refractivity contribution < 1.29 is 4.79 Å². The molecule has 1 aromatic heterocycles. The molecule has 0 fully saturated rings. The van der Waals surface area contributed by atoms with Gasteiger partial charge in [0.1, 0.15) is 0 Å². The van der Waals surface area contributed by atoms with Gasteiger partial charge in [0.2, 0.25) is 0 Å². The summed E-state index contributed by atoms with van der Waals surface area (Å²) in [4.78, 5) is 18.1. The number of amides is 1. The van der Waals surface area contributed by atoms with Crippen molar-refractivity contribution in [2.75, 3.05) is 11.4 Å². The summed E-state index contributed by atoms with van der Waals surface area (Å²) in [6.07, 6.45) is 6.63. The van der Waals surface area contributed by atoms with Crippen LogP contribution in [0, 0.1) is 0 Å². The first-order valence-electron chi connectivity index (χ1n) is 6.84. The smallest absolute Gasteiger partial charge is 0.279 e. The van der Waals surface area contributed by atoms with Gasteiger partial charge in [-0.05, 0) is 12.1 Å². The molecule has 5 nitrogen and oxygen atoms in total. The van der Waals surface area contributed by atoms with Crippen LogP contribution < -0.4 is 4.90 Å². The highest BCUT2D eigenvalue weighted by Crippen LogP contribution is 2.28. The number of rotatable bonds is 4. The number of carbonyl (C=O) groups is 1. The quantitative estimate of drug-likeness (QED) is 0.493. The van der Waals surface area contributed by atoms with Crippen LogP contribution in [0.25, 0.3) is 0 Å². The largest absolute Gasteiger partial charge is 0.302 e. The minimum absolute atomic E-state index is 0.163. The van der Waals surface area contributed by atoms with Gasteiger partial charge in [-0.3, -0.25) is 9.78 Å². The topological polar surface area (TPSA) is 57.9 Å². The molecule has 0 spiro atoms. The summed E-state index contributed by atoms with van der Waals surface area (Å²) in [7, 11) is 0. The number of benzene rings is 1. The highest BCUT2D eigenvalue weighted by molar-refractivity contribution is 6.54. The van der Waals surface area contributed by atoms with Crippen LogP contribution in [0.15, 0.2) is 71.6 Å². The van der Waals surface area contributed by atoms with E-state index in [9.17, 15) is 4.79 Å². The Morgan fingerprint density at radius 3 is 2.86 bits per heavy atom. The molecule has 22 heavy (non-hydrogen) atoms. The summed E-state index contributed by atoms with van der Waals surface area (Å²) in [5.41, 5.74) is 2.80. The van der Waals surface area contributed by atoms with Crippen LogP contribution >= 0.6 is 0 Å². The average molecular weight is 290 g/mol. The van der Waals surface area contributed by atoms with Crippen molar-refractivity contribution in [1.82, 2.24) is 4.98 Å². The second-order valence-electron chi connectivity index (χ2n) is 4.70. The number of carbonyl (C=O) groups excluding carboxylic acids is 1. The third-order valence-electron chi connectivity index (χ3n) is 3.26. The van der Waals surface area contributed by atoms with Crippen LogP contribution in [0.1, 0.15) is 11.1 Å². The van der Waals surface area contributed by atoms with E-state index in [-0.39, 0.29) is 5.91 Å².